The number of rotatable bonds is 4. The molecule has 2 aliphatic heterocycles. The average molecular weight is 505 g/mol. The van der Waals surface area contributed by atoms with Crippen molar-refractivity contribution in [3.05, 3.63) is 98.8 Å². The maximum atomic E-state index is 14.3. The highest BCUT2D eigenvalue weighted by Gasteiger charge is 2.62. The number of nitrogens with zero attached hydrogens (tertiary/aromatic N) is 3. The van der Waals surface area contributed by atoms with Crippen LogP contribution < -0.4 is 0 Å². The molecular formula is C24H17Cl2F3N4O. The van der Waals surface area contributed by atoms with E-state index in [1.54, 1.807) is 18.3 Å². The van der Waals surface area contributed by atoms with Crippen LogP contribution in [0.2, 0.25) is 10.0 Å². The van der Waals surface area contributed by atoms with Crippen molar-refractivity contribution in [2.24, 2.45) is 5.16 Å². The number of aromatic nitrogens is 1. The van der Waals surface area contributed by atoms with Crippen molar-refractivity contribution in [2.45, 2.75) is 31.3 Å². The van der Waals surface area contributed by atoms with Crippen LogP contribution in [0, 0.1) is 5.41 Å². The molecule has 1 N–H and O–H groups in total. The van der Waals surface area contributed by atoms with Crippen LogP contribution in [0.1, 0.15) is 34.4 Å². The van der Waals surface area contributed by atoms with E-state index in [1.807, 2.05) is 29.2 Å². The van der Waals surface area contributed by atoms with Gasteiger partial charge < -0.3 is 9.74 Å². The lowest BCUT2D eigenvalue weighted by atomic mass is 9.86. The van der Waals surface area contributed by atoms with Crippen molar-refractivity contribution in [1.82, 2.24) is 9.88 Å². The molecule has 3 aromatic rings. The van der Waals surface area contributed by atoms with E-state index in [1.165, 1.54) is 18.2 Å². The van der Waals surface area contributed by atoms with Gasteiger partial charge in [0.1, 0.15) is 5.84 Å². The van der Waals surface area contributed by atoms with Crippen LogP contribution in [0.4, 0.5) is 13.2 Å². The SMILES string of the molecule is N=C1c2cc(C3=NOC(c4cc(Cl)cc(Cl)c4)(C(F)(F)F)C3)ccc2CN1Cc1ccccn1. The second-order valence-corrected chi connectivity index (χ2v) is 9.06. The molecule has 3 heterocycles. The summed E-state index contributed by atoms with van der Waals surface area (Å²) in [7, 11) is 0. The average Bonchev–Trinajstić information content (AvgIpc) is 3.37. The molecule has 1 atom stereocenters. The molecule has 34 heavy (non-hydrogen) atoms. The molecule has 2 aromatic carbocycles. The van der Waals surface area contributed by atoms with Gasteiger partial charge in [-0.1, -0.05) is 46.6 Å². The van der Waals surface area contributed by atoms with Crippen molar-refractivity contribution >= 4 is 34.7 Å². The Kier molecular flexibility index (Phi) is 5.53. The molecule has 174 valence electrons. The van der Waals surface area contributed by atoms with Crippen molar-refractivity contribution in [3.8, 4) is 0 Å². The van der Waals surface area contributed by atoms with E-state index in [0.717, 1.165) is 11.3 Å². The summed E-state index contributed by atoms with van der Waals surface area (Å²) in [6.45, 7) is 0.974. The van der Waals surface area contributed by atoms with Crippen molar-refractivity contribution in [1.29, 1.82) is 5.41 Å². The number of amidine groups is 1. The van der Waals surface area contributed by atoms with E-state index in [2.05, 4.69) is 10.1 Å². The molecule has 2 aliphatic rings. The Labute approximate surface area is 203 Å². The number of halogens is 5. The minimum absolute atomic E-state index is 0.0714. The minimum atomic E-state index is -4.77. The first-order valence-electron chi connectivity index (χ1n) is 10.3. The number of nitrogens with one attached hydrogen (secondary N) is 1. The van der Waals surface area contributed by atoms with Crippen LogP contribution in [0.3, 0.4) is 0 Å². The Morgan fingerprint density at radius 1 is 1.06 bits per heavy atom. The lowest BCUT2D eigenvalue weighted by Crippen LogP contribution is -2.42. The first-order chi connectivity index (χ1) is 16.2. The molecule has 0 amide bonds. The Hall–Kier alpha value is -3.10. The third-order valence-corrected chi connectivity index (χ3v) is 6.41. The van der Waals surface area contributed by atoms with Gasteiger partial charge >= 0.3 is 6.18 Å². The number of fused-ring (bicyclic) bond motifs is 1. The smallest absolute Gasteiger partial charge is 0.374 e. The Morgan fingerprint density at radius 3 is 2.50 bits per heavy atom. The van der Waals surface area contributed by atoms with E-state index in [4.69, 9.17) is 33.4 Å². The van der Waals surface area contributed by atoms with Gasteiger partial charge in [-0.15, -0.1) is 0 Å². The predicted octanol–water partition coefficient (Wildman–Crippen LogP) is 6.31. The molecule has 0 radical (unpaired) electrons. The molecule has 0 spiro atoms. The highest BCUT2D eigenvalue weighted by Crippen LogP contribution is 2.49. The predicted molar refractivity (Wildman–Crippen MR) is 123 cm³/mol. The number of pyridine rings is 1. The maximum Gasteiger partial charge on any atom is 0.435 e. The zero-order valence-corrected chi connectivity index (χ0v) is 19.0. The highest BCUT2D eigenvalue weighted by molar-refractivity contribution is 6.34. The monoisotopic (exact) mass is 504 g/mol. The van der Waals surface area contributed by atoms with Gasteiger partial charge in [-0.3, -0.25) is 10.4 Å². The first-order valence-corrected chi connectivity index (χ1v) is 11.1. The fourth-order valence-electron chi connectivity index (χ4n) is 4.24. The summed E-state index contributed by atoms with van der Waals surface area (Å²) >= 11 is 11.9. The standard InChI is InChI=1S/C24H17Cl2F3N4O/c25-17-8-16(9-18(26)10-17)23(24(27,28)29)11-21(32-34-23)14-4-5-15-12-33(22(30)20(15)7-14)13-19-3-1-2-6-31-19/h1-10,30H,11-13H2. The van der Waals surface area contributed by atoms with Crippen LogP contribution in [-0.4, -0.2) is 27.6 Å². The lowest BCUT2D eigenvalue weighted by molar-refractivity contribution is -0.275. The quantitative estimate of drug-likeness (QED) is 0.452. The summed E-state index contributed by atoms with van der Waals surface area (Å²) in [5.74, 6) is 0.283. The molecule has 0 bridgehead atoms. The van der Waals surface area contributed by atoms with Gasteiger partial charge in [0.25, 0.3) is 5.60 Å². The van der Waals surface area contributed by atoms with Crippen LogP contribution >= 0.6 is 23.2 Å². The van der Waals surface area contributed by atoms with E-state index in [9.17, 15) is 13.2 Å². The second-order valence-electron chi connectivity index (χ2n) is 8.19. The second kappa shape index (κ2) is 8.29. The summed E-state index contributed by atoms with van der Waals surface area (Å²) in [5.41, 5.74) is 0.0543. The lowest BCUT2D eigenvalue weighted by Gasteiger charge is -2.29. The summed E-state index contributed by atoms with van der Waals surface area (Å²) in [6, 6.07) is 14.5. The maximum absolute atomic E-state index is 14.3. The summed E-state index contributed by atoms with van der Waals surface area (Å²) in [4.78, 5) is 11.2. The molecule has 5 nitrogen and oxygen atoms in total. The van der Waals surface area contributed by atoms with E-state index in [0.29, 0.717) is 24.2 Å². The summed E-state index contributed by atoms with van der Waals surface area (Å²) in [6.07, 6.45) is -3.62. The molecule has 0 saturated carbocycles. The molecule has 1 aromatic heterocycles. The largest absolute Gasteiger partial charge is 0.435 e. The molecular weight excluding hydrogens is 488 g/mol. The third kappa shape index (κ3) is 3.91. The number of hydrogen-bond acceptors (Lipinski definition) is 4. The normalized spacial score (nSPS) is 19.7. The van der Waals surface area contributed by atoms with Crippen LogP contribution in [0.15, 0.2) is 65.9 Å². The van der Waals surface area contributed by atoms with Gasteiger partial charge in [0.05, 0.1) is 18.0 Å². The van der Waals surface area contributed by atoms with E-state index < -0.39 is 18.2 Å². The first kappa shape index (κ1) is 22.7. The van der Waals surface area contributed by atoms with Crippen LogP contribution in [0.25, 0.3) is 0 Å². The molecule has 5 rings (SSSR count). The van der Waals surface area contributed by atoms with E-state index >= 15 is 0 Å². The van der Waals surface area contributed by atoms with Crippen molar-refractivity contribution < 1.29 is 18.0 Å². The molecule has 0 aliphatic carbocycles. The van der Waals surface area contributed by atoms with Gasteiger partial charge in [0.2, 0.25) is 0 Å². The Bertz CT molecular complexity index is 1290. The van der Waals surface area contributed by atoms with Crippen molar-refractivity contribution in [3.63, 3.8) is 0 Å². The Balaban J connectivity index is 1.43. The van der Waals surface area contributed by atoms with Gasteiger partial charge in [0, 0.05) is 45.9 Å². The highest BCUT2D eigenvalue weighted by atomic mass is 35.5. The topological polar surface area (TPSA) is 61.6 Å². The number of hydrogen-bond donors (Lipinski definition) is 1. The Morgan fingerprint density at radius 2 is 1.82 bits per heavy atom. The number of oxime groups is 1. The third-order valence-electron chi connectivity index (χ3n) is 5.97. The fourth-order valence-corrected chi connectivity index (χ4v) is 4.76. The fraction of sp³-hybridized carbons (Fsp3) is 0.208. The van der Waals surface area contributed by atoms with Gasteiger partial charge in [-0.25, -0.2) is 0 Å². The molecule has 0 saturated heterocycles. The van der Waals surface area contributed by atoms with Crippen molar-refractivity contribution in [2.75, 3.05) is 0 Å². The minimum Gasteiger partial charge on any atom is -0.374 e. The zero-order valence-electron chi connectivity index (χ0n) is 17.5. The molecule has 0 fully saturated rings. The molecule has 1 unspecified atom stereocenters. The summed E-state index contributed by atoms with van der Waals surface area (Å²) in [5, 5.41) is 12.5. The van der Waals surface area contributed by atoms with Gasteiger partial charge in [0.15, 0.2) is 0 Å². The van der Waals surface area contributed by atoms with Gasteiger partial charge in [-0.2, -0.15) is 13.2 Å². The van der Waals surface area contributed by atoms with Crippen LogP contribution in [0.5, 0.6) is 0 Å². The number of benzene rings is 2. The van der Waals surface area contributed by atoms with Crippen LogP contribution in [-0.2, 0) is 23.5 Å². The number of alkyl halides is 3. The van der Waals surface area contributed by atoms with Gasteiger partial charge in [-0.05, 0) is 42.0 Å². The van der Waals surface area contributed by atoms with E-state index in [-0.39, 0.29) is 27.2 Å². The molecule has 10 heteroatoms. The summed E-state index contributed by atoms with van der Waals surface area (Å²) < 4.78 is 42.8. The zero-order chi connectivity index (χ0) is 24.1.